The fourth-order valence-corrected chi connectivity index (χ4v) is 3.13. The minimum absolute atomic E-state index is 0.245. The summed E-state index contributed by atoms with van der Waals surface area (Å²) >= 11 is 11.9. The van der Waals surface area contributed by atoms with Gasteiger partial charge in [0.15, 0.2) is 0 Å². The summed E-state index contributed by atoms with van der Waals surface area (Å²) in [6.07, 6.45) is 1.04. The average molecular weight is 414 g/mol. The van der Waals surface area contributed by atoms with Gasteiger partial charge in [-0.15, -0.1) is 10.1 Å². The maximum Gasteiger partial charge on any atom is 0.316 e. The molecule has 0 bridgehead atoms. The van der Waals surface area contributed by atoms with Gasteiger partial charge in [0.25, 0.3) is 5.09 Å². The minimum atomic E-state index is -0.960. The monoisotopic (exact) mass is 413 g/mol. The summed E-state index contributed by atoms with van der Waals surface area (Å²) in [5, 5.41) is 9.82. The van der Waals surface area contributed by atoms with Gasteiger partial charge in [-0.05, 0) is 42.2 Å². The van der Waals surface area contributed by atoms with Crippen molar-refractivity contribution < 1.29 is 23.8 Å². The van der Waals surface area contributed by atoms with Gasteiger partial charge in [0.2, 0.25) is 0 Å². The van der Waals surface area contributed by atoms with E-state index in [2.05, 4.69) is 4.84 Å². The second-order valence-corrected chi connectivity index (χ2v) is 6.91. The van der Waals surface area contributed by atoms with Crippen LogP contribution in [0.2, 0.25) is 10.0 Å². The Balaban J connectivity index is 1.75. The Morgan fingerprint density at radius 2 is 1.89 bits per heavy atom. The van der Waals surface area contributed by atoms with Crippen LogP contribution in [0, 0.1) is 15.9 Å². The zero-order valence-electron chi connectivity index (χ0n) is 13.9. The second-order valence-electron chi connectivity index (χ2n) is 6.10. The molecule has 0 saturated heterocycles. The van der Waals surface area contributed by atoms with Crippen molar-refractivity contribution in [1.29, 1.82) is 0 Å². The van der Waals surface area contributed by atoms with E-state index in [1.165, 1.54) is 6.07 Å². The summed E-state index contributed by atoms with van der Waals surface area (Å²) in [5.74, 6) is -1.04. The Bertz CT molecular complexity index is 901. The molecular formula is C18H14Cl2FNO5. The summed E-state index contributed by atoms with van der Waals surface area (Å²) in [6, 6.07) is 9.36. The molecule has 1 saturated carbocycles. The third kappa shape index (κ3) is 4.14. The van der Waals surface area contributed by atoms with E-state index in [0.717, 1.165) is 0 Å². The standard InChI is InChI=1S/C18H14Cl2FNO5/c19-14-4-1-11(9-15(14)20)13-3-2-12(10-16(13)21)18(5-6-18)17(23)26-7-8-27-22(24)25/h1-4,9-10H,5-8H2. The van der Waals surface area contributed by atoms with Crippen LogP contribution in [0.5, 0.6) is 0 Å². The van der Waals surface area contributed by atoms with Crippen molar-refractivity contribution in [2.75, 3.05) is 13.2 Å². The van der Waals surface area contributed by atoms with Crippen LogP contribution in [0.3, 0.4) is 0 Å². The summed E-state index contributed by atoms with van der Waals surface area (Å²) in [6.45, 7) is -0.592. The molecule has 0 aromatic heterocycles. The second kappa shape index (κ2) is 7.70. The van der Waals surface area contributed by atoms with Crippen molar-refractivity contribution in [3.05, 3.63) is 67.9 Å². The zero-order valence-corrected chi connectivity index (χ0v) is 15.4. The number of halogens is 3. The molecule has 0 heterocycles. The highest BCUT2D eigenvalue weighted by atomic mass is 35.5. The third-order valence-electron chi connectivity index (χ3n) is 4.41. The Labute approximate surface area is 163 Å². The molecule has 0 amide bonds. The number of hydrogen-bond acceptors (Lipinski definition) is 5. The lowest BCUT2D eigenvalue weighted by Gasteiger charge is -2.16. The average Bonchev–Trinajstić information content (AvgIpc) is 3.43. The third-order valence-corrected chi connectivity index (χ3v) is 5.15. The predicted octanol–water partition coefficient (Wildman–Crippen LogP) is 4.58. The summed E-state index contributed by atoms with van der Waals surface area (Å²) in [5.41, 5.74) is 0.494. The first kappa shape index (κ1) is 19.4. The summed E-state index contributed by atoms with van der Waals surface area (Å²) in [7, 11) is 0. The summed E-state index contributed by atoms with van der Waals surface area (Å²) < 4.78 is 19.7. The number of ether oxygens (including phenoxy) is 1. The van der Waals surface area contributed by atoms with E-state index in [1.54, 1.807) is 30.3 Å². The first-order valence-electron chi connectivity index (χ1n) is 8.03. The highest BCUT2D eigenvalue weighted by molar-refractivity contribution is 6.42. The Morgan fingerprint density at radius 1 is 1.15 bits per heavy atom. The van der Waals surface area contributed by atoms with Crippen LogP contribution < -0.4 is 0 Å². The van der Waals surface area contributed by atoms with Crippen molar-refractivity contribution in [3.8, 4) is 11.1 Å². The van der Waals surface area contributed by atoms with E-state index in [0.29, 0.717) is 39.6 Å². The smallest absolute Gasteiger partial charge is 0.316 e. The number of carbonyl (C=O) groups is 1. The number of hydrogen-bond donors (Lipinski definition) is 0. The Kier molecular flexibility index (Phi) is 5.53. The van der Waals surface area contributed by atoms with E-state index >= 15 is 0 Å². The highest BCUT2D eigenvalue weighted by Gasteiger charge is 2.53. The molecule has 2 aromatic carbocycles. The van der Waals surface area contributed by atoms with Gasteiger partial charge in [0, 0.05) is 5.56 Å². The normalized spacial score (nSPS) is 14.5. The number of rotatable bonds is 7. The highest BCUT2D eigenvalue weighted by Crippen LogP contribution is 2.50. The van der Waals surface area contributed by atoms with Gasteiger partial charge in [-0.1, -0.05) is 41.4 Å². The van der Waals surface area contributed by atoms with Crippen molar-refractivity contribution in [2.45, 2.75) is 18.3 Å². The molecule has 9 heteroatoms. The Morgan fingerprint density at radius 3 is 2.48 bits per heavy atom. The quantitative estimate of drug-likeness (QED) is 0.287. The van der Waals surface area contributed by atoms with Crippen LogP contribution in [0.15, 0.2) is 36.4 Å². The van der Waals surface area contributed by atoms with Crippen LogP contribution in [0.4, 0.5) is 4.39 Å². The first-order chi connectivity index (χ1) is 12.8. The van der Waals surface area contributed by atoms with E-state index in [4.69, 9.17) is 27.9 Å². The lowest BCUT2D eigenvalue weighted by molar-refractivity contribution is -0.757. The fraction of sp³-hybridized carbons (Fsp3) is 0.278. The van der Waals surface area contributed by atoms with Gasteiger partial charge < -0.3 is 9.57 Å². The largest absolute Gasteiger partial charge is 0.463 e. The van der Waals surface area contributed by atoms with Crippen LogP contribution >= 0.6 is 23.2 Å². The first-order valence-corrected chi connectivity index (χ1v) is 8.79. The molecule has 0 aliphatic heterocycles. The molecule has 2 aromatic rings. The predicted molar refractivity (Wildman–Crippen MR) is 96.7 cm³/mol. The van der Waals surface area contributed by atoms with Crippen LogP contribution in [0.25, 0.3) is 11.1 Å². The van der Waals surface area contributed by atoms with Crippen molar-refractivity contribution in [2.24, 2.45) is 0 Å². The van der Waals surface area contributed by atoms with Crippen molar-refractivity contribution in [1.82, 2.24) is 0 Å². The molecule has 27 heavy (non-hydrogen) atoms. The minimum Gasteiger partial charge on any atom is -0.463 e. The molecule has 3 rings (SSSR count). The van der Waals surface area contributed by atoms with Crippen LogP contribution in [-0.4, -0.2) is 24.3 Å². The maximum absolute atomic E-state index is 14.7. The number of nitrogens with zero attached hydrogens (tertiary/aromatic N) is 1. The van der Waals surface area contributed by atoms with Crippen molar-refractivity contribution >= 4 is 29.2 Å². The molecule has 1 fully saturated rings. The van der Waals surface area contributed by atoms with Gasteiger partial charge in [-0.3, -0.25) is 4.79 Å². The van der Waals surface area contributed by atoms with E-state index in [9.17, 15) is 19.3 Å². The van der Waals surface area contributed by atoms with Gasteiger partial charge >= 0.3 is 5.97 Å². The molecule has 6 nitrogen and oxygen atoms in total. The fourth-order valence-electron chi connectivity index (χ4n) is 2.83. The molecule has 0 radical (unpaired) electrons. The molecule has 1 aliphatic rings. The zero-order chi connectivity index (χ0) is 19.6. The van der Waals surface area contributed by atoms with Gasteiger partial charge in [-0.2, -0.15) is 0 Å². The molecule has 0 unspecified atom stereocenters. The Hall–Kier alpha value is -2.38. The molecule has 0 N–H and O–H groups in total. The SMILES string of the molecule is O=C(OCCO[N+](=O)[O-])C1(c2ccc(-c3ccc(Cl)c(Cl)c3)c(F)c2)CC1. The van der Waals surface area contributed by atoms with E-state index < -0.39 is 22.3 Å². The maximum atomic E-state index is 14.7. The van der Waals surface area contributed by atoms with Gasteiger partial charge in [-0.25, -0.2) is 4.39 Å². The van der Waals surface area contributed by atoms with Crippen LogP contribution in [0.1, 0.15) is 18.4 Å². The molecule has 0 spiro atoms. The van der Waals surface area contributed by atoms with Crippen molar-refractivity contribution in [3.63, 3.8) is 0 Å². The van der Waals surface area contributed by atoms with E-state index in [1.807, 2.05) is 0 Å². The number of esters is 1. The summed E-state index contributed by atoms with van der Waals surface area (Å²) in [4.78, 5) is 26.5. The van der Waals surface area contributed by atoms with Gasteiger partial charge in [0.05, 0.1) is 15.5 Å². The lowest BCUT2D eigenvalue weighted by Crippen LogP contribution is -2.25. The molecule has 142 valence electrons. The lowest BCUT2D eigenvalue weighted by atomic mass is 9.93. The number of benzene rings is 2. The van der Waals surface area contributed by atoms with Crippen LogP contribution in [-0.2, 0) is 19.8 Å². The molecule has 0 atom stereocenters. The van der Waals surface area contributed by atoms with Gasteiger partial charge in [0.1, 0.15) is 19.0 Å². The molecular weight excluding hydrogens is 400 g/mol. The molecule has 1 aliphatic carbocycles. The topological polar surface area (TPSA) is 78.7 Å². The van der Waals surface area contributed by atoms with E-state index in [-0.39, 0.29) is 13.2 Å². The number of carbonyl (C=O) groups excluding carboxylic acids is 1.